The van der Waals surface area contributed by atoms with Gasteiger partial charge in [0.1, 0.15) is 0 Å². The first kappa shape index (κ1) is 16.9. The van der Waals surface area contributed by atoms with Crippen LogP contribution in [0.25, 0.3) is 0 Å². The first-order chi connectivity index (χ1) is 12.0. The Hall–Kier alpha value is -1.56. The smallest absolute Gasteiger partial charge is 0.303 e. The average molecular weight is 339 g/mol. The van der Waals surface area contributed by atoms with Crippen LogP contribution < -0.4 is 0 Å². The van der Waals surface area contributed by atoms with E-state index in [2.05, 4.69) is 19.1 Å². The fourth-order valence-corrected chi connectivity index (χ4v) is 6.95. The van der Waals surface area contributed by atoms with Gasteiger partial charge < -0.3 is 5.11 Å². The number of rotatable bonds is 3. The molecule has 4 atom stereocenters. The molecule has 0 heterocycles. The number of carbonyl (C=O) groups is 1. The predicted octanol–water partition coefficient (Wildman–Crippen LogP) is 5.39. The monoisotopic (exact) mass is 339 g/mol. The zero-order valence-electron chi connectivity index (χ0n) is 15.3. The van der Waals surface area contributed by atoms with E-state index in [-0.39, 0.29) is 17.3 Å². The molecule has 4 rings (SSSR count). The van der Waals surface area contributed by atoms with Crippen LogP contribution in [0.1, 0.15) is 77.6 Å². The zero-order chi connectivity index (χ0) is 17.7. The van der Waals surface area contributed by atoms with Crippen molar-refractivity contribution in [1.82, 2.24) is 0 Å². The molecule has 4 aliphatic rings. The van der Waals surface area contributed by atoms with Crippen molar-refractivity contribution in [3.05, 3.63) is 22.8 Å². The molecule has 0 aromatic heterocycles. The molecule has 0 saturated heterocycles. The van der Waals surface area contributed by atoms with Crippen LogP contribution in [0, 0.1) is 34.0 Å². The lowest BCUT2D eigenvalue weighted by atomic mass is 9.51. The molecule has 3 heteroatoms. The summed E-state index contributed by atoms with van der Waals surface area (Å²) >= 11 is 0. The summed E-state index contributed by atoms with van der Waals surface area (Å²) in [6, 6.07) is 2.35. The number of hydrogen-bond acceptors (Lipinski definition) is 2. The van der Waals surface area contributed by atoms with E-state index in [4.69, 9.17) is 0 Å². The summed E-state index contributed by atoms with van der Waals surface area (Å²) in [7, 11) is 0. The molecule has 25 heavy (non-hydrogen) atoms. The van der Waals surface area contributed by atoms with E-state index in [0.717, 1.165) is 25.7 Å². The highest BCUT2D eigenvalue weighted by Gasteiger charge is 2.61. The van der Waals surface area contributed by atoms with E-state index in [1.807, 2.05) is 0 Å². The van der Waals surface area contributed by atoms with Gasteiger partial charge in [0.15, 0.2) is 0 Å². The minimum Gasteiger partial charge on any atom is -0.481 e. The number of aliphatic carboxylic acids is 1. The Labute approximate surface area is 150 Å². The van der Waals surface area contributed by atoms with Gasteiger partial charge in [0.05, 0.1) is 12.5 Å². The Kier molecular flexibility index (Phi) is 4.06. The van der Waals surface area contributed by atoms with Crippen LogP contribution in [-0.4, -0.2) is 11.1 Å². The second kappa shape index (κ2) is 6.01. The second-order valence-electron chi connectivity index (χ2n) is 9.02. The summed E-state index contributed by atoms with van der Waals surface area (Å²) in [5.41, 5.74) is 4.68. The minimum absolute atomic E-state index is 0.00569. The molecule has 1 N–H and O–H groups in total. The van der Waals surface area contributed by atoms with Crippen LogP contribution in [-0.2, 0) is 4.79 Å². The Morgan fingerprint density at radius 2 is 2.16 bits per heavy atom. The first-order valence-corrected chi connectivity index (χ1v) is 10.0. The number of hydrogen-bond donors (Lipinski definition) is 1. The fourth-order valence-electron chi connectivity index (χ4n) is 6.95. The minimum atomic E-state index is -0.734. The standard InChI is InChI=1S/C22H29NO2/c1-21-10-8-17-16-5-3-2-4-15(16)6-7-18(17)19(21)9-11-22(21,12-13-23)14-20(24)25/h4,18-19H,2-3,5-12,14H2,1H3,(H,24,25)/t18?,19?,21-,22-/m0/s1. The van der Waals surface area contributed by atoms with Gasteiger partial charge in [-0.25, -0.2) is 0 Å². The normalized spacial score (nSPS) is 39.8. The lowest BCUT2D eigenvalue weighted by molar-refractivity contribution is -0.143. The van der Waals surface area contributed by atoms with Crippen LogP contribution in [0.15, 0.2) is 22.8 Å². The molecule has 2 fully saturated rings. The lowest BCUT2D eigenvalue weighted by Crippen LogP contribution is -2.46. The molecule has 0 aromatic rings. The molecule has 0 aromatic carbocycles. The first-order valence-electron chi connectivity index (χ1n) is 10.0. The van der Waals surface area contributed by atoms with Gasteiger partial charge in [-0.05, 0) is 91.6 Å². The van der Waals surface area contributed by atoms with Crippen LogP contribution >= 0.6 is 0 Å². The third kappa shape index (κ3) is 2.40. The fraction of sp³-hybridized carbons (Fsp3) is 0.727. The molecule has 134 valence electrons. The van der Waals surface area contributed by atoms with Gasteiger partial charge in [-0.3, -0.25) is 4.79 Å². The van der Waals surface area contributed by atoms with Crippen molar-refractivity contribution in [2.75, 3.05) is 0 Å². The molecule has 4 aliphatic carbocycles. The third-order valence-corrected chi connectivity index (χ3v) is 8.24. The molecule has 2 saturated carbocycles. The summed E-state index contributed by atoms with van der Waals surface area (Å²) in [4.78, 5) is 11.6. The molecular weight excluding hydrogens is 310 g/mol. The van der Waals surface area contributed by atoms with Gasteiger partial charge in [-0.15, -0.1) is 0 Å². The van der Waals surface area contributed by atoms with E-state index < -0.39 is 5.97 Å². The topological polar surface area (TPSA) is 61.1 Å². The van der Waals surface area contributed by atoms with Crippen molar-refractivity contribution >= 4 is 5.97 Å². The molecule has 3 nitrogen and oxygen atoms in total. The second-order valence-corrected chi connectivity index (χ2v) is 9.02. The number of allylic oxidation sites excluding steroid dienone is 4. The number of nitriles is 1. The predicted molar refractivity (Wildman–Crippen MR) is 96.7 cm³/mol. The summed E-state index contributed by atoms with van der Waals surface area (Å²) < 4.78 is 0. The quantitative estimate of drug-likeness (QED) is 0.750. The highest BCUT2D eigenvalue weighted by atomic mass is 16.4. The SMILES string of the molecule is C[C@]12CCC3=C4CCCC=C4CCC3C1CC[C@]2(CC#N)CC(=O)O. The van der Waals surface area contributed by atoms with E-state index in [9.17, 15) is 15.2 Å². The third-order valence-electron chi connectivity index (χ3n) is 8.24. The maximum atomic E-state index is 11.6. The van der Waals surface area contributed by atoms with E-state index >= 15 is 0 Å². The summed E-state index contributed by atoms with van der Waals surface area (Å²) in [5.74, 6) is 0.473. The maximum Gasteiger partial charge on any atom is 0.303 e. The molecule has 0 amide bonds. The number of fused-ring (bicyclic) bond motifs is 4. The van der Waals surface area contributed by atoms with Crippen molar-refractivity contribution in [3.8, 4) is 6.07 Å². The summed E-state index contributed by atoms with van der Waals surface area (Å²) in [6.45, 7) is 2.32. The van der Waals surface area contributed by atoms with E-state index in [0.29, 0.717) is 18.3 Å². The Morgan fingerprint density at radius 3 is 2.92 bits per heavy atom. The number of nitrogens with zero attached hydrogens (tertiary/aromatic N) is 1. The van der Waals surface area contributed by atoms with Gasteiger partial charge in [-0.2, -0.15) is 5.26 Å². The van der Waals surface area contributed by atoms with Crippen LogP contribution in [0.3, 0.4) is 0 Å². The Morgan fingerprint density at radius 1 is 1.32 bits per heavy atom. The van der Waals surface area contributed by atoms with Crippen molar-refractivity contribution in [2.24, 2.45) is 22.7 Å². The molecule has 0 radical (unpaired) electrons. The Balaban J connectivity index is 1.72. The van der Waals surface area contributed by atoms with E-state index in [1.54, 1.807) is 16.7 Å². The van der Waals surface area contributed by atoms with Crippen molar-refractivity contribution in [2.45, 2.75) is 77.6 Å². The van der Waals surface area contributed by atoms with E-state index in [1.165, 1.54) is 32.1 Å². The van der Waals surface area contributed by atoms with Gasteiger partial charge in [0.25, 0.3) is 0 Å². The van der Waals surface area contributed by atoms with Gasteiger partial charge in [0.2, 0.25) is 0 Å². The van der Waals surface area contributed by atoms with Gasteiger partial charge in [0, 0.05) is 6.42 Å². The highest BCUT2D eigenvalue weighted by molar-refractivity contribution is 5.68. The summed E-state index contributed by atoms with van der Waals surface area (Å²) in [5, 5.41) is 19.0. The van der Waals surface area contributed by atoms with Gasteiger partial charge >= 0.3 is 5.97 Å². The van der Waals surface area contributed by atoms with Crippen molar-refractivity contribution in [1.29, 1.82) is 5.26 Å². The molecule has 0 aliphatic heterocycles. The average Bonchev–Trinajstić information content (AvgIpc) is 2.87. The molecular formula is C22H29NO2. The largest absolute Gasteiger partial charge is 0.481 e. The maximum absolute atomic E-state index is 11.6. The summed E-state index contributed by atoms with van der Waals surface area (Å²) in [6.07, 6.45) is 13.5. The van der Waals surface area contributed by atoms with Crippen LogP contribution in [0.4, 0.5) is 0 Å². The lowest BCUT2D eigenvalue weighted by Gasteiger charge is -2.53. The van der Waals surface area contributed by atoms with Crippen LogP contribution in [0.5, 0.6) is 0 Å². The van der Waals surface area contributed by atoms with Crippen molar-refractivity contribution < 1.29 is 9.90 Å². The molecule has 2 unspecified atom stereocenters. The van der Waals surface area contributed by atoms with Gasteiger partial charge in [-0.1, -0.05) is 18.6 Å². The molecule has 0 spiro atoms. The number of carboxylic acids is 1. The van der Waals surface area contributed by atoms with Crippen LogP contribution in [0.2, 0.25) is 0 Å². The molecule has 0 bridgehead atoms. The van der Waals surface area contributed by atoms with Crippen molar-refractivity contribution in [3.63, 3.8) is 0 Å². The number of carboxylic acid groups (broad SMARTS) is 1. The Bertz CT molecular complexity index is 697. The highest BCUT2D eigenvalue weighted by Crippen LogP contribution is 2.68. The zero-order valence-corrected chi connectivity index (χ0v) is 15.3.